The molecule has 0 aliphatic heterocycles. The van der Waals surface area contributed by atoms with E-state index in [1.165, 1.54) is 5.32 Å². The van der Waals surface area contributed by atoms with E-state index < -0.39 is 65.0 Å². The Hall–Kier alpha value is -1.72. The minimum atomic E-state index is -8.72. The van der Waals surface area contributed by atoms with Crippen LogP contribution in [0, 0.1) is 23.2 Å². The van der Waals surface area contributed by atoms with Gasteiger partial charge in [-0.1, -0.05) is 0 Å². The molecule has 1 unspecified atom stereocenters. The van der Waals surface area contributed by atoms with Crippen molar-refractivity contribution in [3.8, 4) is 0 Å². The molecule has 0 heterocycles. The number of carbonyl (C=O) groups is 1. The summed E-state index contributed by atoms with van der Waals surface area (Å²) in [6, 6.07) is -1.49. The molecule has 0 radical (unpaired) electrons. The minimum absolute atomic E-state index is 0.0503. The van der Waals surface area contributed by atoms with Gasteiger partial charge in [0.15, 0.2) is 0 Å². The molecule has 0 aromatic heterocycles. The van der Waals surface area contributed by atoms with Crippen molar-refractivity contribution >= 4 is 5.91 Å². The highest BCUT2D eigenvalue weighted by Crippen LogP contribution is 2.64. The van der Waals surface area contributed by atoms with Crippen molar-refractivity contribution < 1.29 is 79.4 Å². The molecule has 1 atom stereocenters. The zero-order chi connectivity index (χ0) is 31.3. The molecule has 4 aliphatic rings. The average molecular weight is 625 g/mol. The largest absolute Gasteiger partial charge is 0.460 e. The summed E-state index contributed by atoms with van der Waals surface area (Å²) in [4.78, 5) is 12.0. The number of amides is 1. The molecule has 4 rings (SSSR count). The highest BCUT2D eigenvalue weighted by molar-refractivity contribution is 5.85. The number of alkyl halides is 17. The number of halogens is 17. The van der Waals surface area contributed by atoms with Gasteiger partial charge in [0.25, 0.3) is 5.91 Å². The van der Waals surface area contributed by atoms with E-state index in [4.69, 9.17) is 0 Å². The fourth-order valence-corrected chi connectivity index (χ4v) is 6.45. The SMILES string of the molecule is CC(NC(=O)C(F)(F)C(F)(F)C(F)(F)C(F)(F)C(F)(F)C(F)(F)C(F)(F)C(F)(F)F)C12CC3CC(CC(C3)C1)C2. The highest BCUT2D eigenvalue weighted by Gasteiger charge is 2.95. The number of carbonyl (C=O) groups excluding carboxylic acids is 1. The lowest BCUT2D eigenvalue weighted by molar-refractivity contribution is -0.459. The van der Waals surface area contributed by atoms with Crippen LogP contribution in [0.15, 0.2) is 0 Å². The van der Waals surface area contributed by atoms with Gasteiger partial charge in [-0.2, -0.15) is 74.6 Å². The topological polar surface area (TPSA) is 29.1 Å². The third-order valence-corrected chi connectivity index (χ3v) is 8.36. The zero-order valence-corrected chi connectivity index (χ0v) is 19.9. The smallest absolute Gasteiger partial charge is 0.348 e. The van der Waals surface area contributed by atoms with Gasteiger partial charge >= 0.3 is 47.6 Å². The Morgan fingerprint density at radius 2 is 0.875 bits per heavy atom. The van der Waals surface area contributed by atoms with E-state index in [9.17, 15) is 79.4 Å². The summed E-state index contributed by atoms with van der Waals surface area (Å²) in [6.45, 7) is 1.01. The molecule has 4 saturated carbocycles. The Morgan fingerprint density at radius 3 is 1.20 bits per heavy atom. The lowest BCUT2D eigenvalue weighted by atomic mass is 9.48. The van der Waals surface area contributed by atoms with Crippen LogP contribution in [-0.2, 0) is 4.79 Å². The number of rotatable bonds is 9. The Bertz CT molecular complexity index is 966. The van der Waals surface area contributed by atoms with E-state index in [-0.39, 0.29) is 37.0 Å². The molecule has 234 valence electrons. The second kappa shape index (κ2) is 8.89. The Balaban J connectivity index is 1.92. The van der Waals surface area contributed by atoms with Crippen LogP contribution in [0.2, 0.25) is 0 Å². The van der Waals surface area contributed by atoms with Crippen molar-refractivity contribution in [1.29, 1.82) is 0 Å². The molecular weight excluding hydrogens is 605 g/mol. The molecule has 0 saturated heterocycles. The summed E-state index contributed by atoms with van der Waals surface area (Å²) < 4.78 is 229. The first-order chi connectivity index (χ1) is 17.5. The second-order valence-corrected chi connectivity index (χ2v) is 11.0. The van der Waals surface area contributed by atoms with Gasteiger partial charge in [0.05, 0.1) is 0 Å². The van der Waals surface area contributed by atoms with Crippen molar-refractivity contribution in [2.24, 2.45) is 23.2 Å². The van der Waals surface area contributed by atoms with Gasteiger partial charge in [-0.25, -0.2) is 0 Å². The van der Waals surface area contributed by atoms with Crippen molar-refractivity contribution in [2.45, 2.75) is 99.1 Å². The number of nitrogens with one attached hydrogen (secondary N) is 1. The summed E-state index contributed by atoms with van der Waals surface area (Å²) in [7, 11) is 0. The molecule has 0 spiro atoms. The molecular formula is C21H20F17NO. The van der Waals surface area contributed by atoms with E-state index in [1.54, 1.807) is 0 Å². The number of hydrogen-bond donors (Lipinski definition) is 1. The van der Waals surface area contributed by atoms with Crippen LogP contribution in [0.1, 0.15) is 45.4 Å². The molecule has 19 heteroatoms. The molecule has 4 fully saturated rings. The highest BCUT2D eigenvalue weighted by atomic mass is 19.4. The van der Waals surface area contributed by atoms with Gasteiger partial charge in [-0.3, -0.25) is 4.79 Å². The van der Waals surface area contributed by atoms with E-state index in [0.717, 1.165) is 26.2 Å². The maximum Gasteiger partial charge on any atom is 0.460 e. The van der Waals surface area contributed by atoms with Crippen LogP contribution in [0.4, 0.5) is 74.6 Å². The summed E-state index contributed by atoms with van der Waals surface area (Å²) in [5, 5.41) is 1.27. The van der Waals surface area contributed by atoms with Crippen molar-refractivity contribution in [1.82, 2.24) is 5.32 Å². The normalized spacial score (nSPS) is 29.5. The molecule has 1 amide bonds. The van der Waals surface area contributed by atoms with E-state index in [0.29, 0.717) is 0 Å². The predicted octanol–water partition coefficient (Wildman–Crippen LogP) is 7.72. The Labute approximate surface area is 214 Å². The van der Waals surface area contributed by atoms with Crippen LogP contribution >= 0.6 is 0 Å². The molecule has 2 nitrogen and oxygen atoms in total. The lowest BCUT2D eigenvalue weighted by Crippen LogP contribution is -2.75. The van der Waals surface area contributed by atoms with Gasteiger partial charge in [0.2, 0.25) is 0 Å². The molecule has 0 aromatic rings. The third-order valence-electron chi connectivity index (χ3n) is 8.36. The standard InChI is InChI=1S/C21H20F17NO/c1-8(13-5-9-2-10(6-13)4-11(3-9)7-13)39-12(40)14(22,23)15(24,25)16(26,27)17(28,29)18(30,31)19(32,33)20(34,35)21(36,37)38/h8-11H,2-7H2,1H3,(H,39,40). The monoisotopic (exact) mass is 625 g/mol. The summed E-state index contributed by atoms with van der Waals surface area (Å²) in [5.74, 6) is -61.0. The van der Waals surface area contributed by atoms with Crippen LogP contribution in [0.5, 0.6) is 0 Å². The van der Waals surface area contributed by atoms with Gasteiger partial charge in [0.1, 0.15) is 0 Å². The van der Waals surface area contributed by atoms with Crippen LogP contribution < -0.4 is 5.32 Å². The average Bonchev–Trinajstić information content (AvgIpc) is 2.76. The molecule has 4 aliphatic carbocycles. The van der Waals surface area contributed by atoms with Gasteiger partial charge < -0.3 is 5.32 Å². The Morgan fingerprint density at radius 1 is 0.575 bits per heavy atom. The number of hydrogen-bond acceptors (Lipinski definition) is 1. The predicted molar refractivity (Wildman–Crippen MR) is 98.9 cm³/mol. The van der Waals surface area contributed by atoms with E-state index >= 15 is 0 Å². The first kappa shape index (κ1) is 32.8. The van der Waals surface area contributed by atoms with Crippen molar-refractivity contribution in [2.75, 3.05) is 0 Å². The quantitative estimate of drug-likeness (QED) is 0.262. The van der Waals surface area contributed by atoms with Crippen LogP contribution in [-0.4, -0.2) is 59.6 Å². The lowest BCUT2D eigenvalue weighted by Gasteiger charge is -2.59. The maximum atomic E-state index is 14.3. The minimum Gasteiger partial charge on any atom is -0.348 e. The summed E-state index contributed by atoms with van der Waals surface area (Å²) >= 11 is 0. The fraction of sp³-hybridized carbons (Fsp3) is 0.952. The Kier molecular flexibility index (Phi) is 7.29. The van der Waals surface area contributed by atoms with Crippen molar-refractivity contribution in [3.05, 3.63) is 0 Å². The third kappa shape index (κ3) is 4.15. The first-order valence-electron chi connectivity index (χ1n) is 11.6. The molecule has 0 aromatic carbocycles. The summed E-state index contributed by atoms with van der Waals surface area (Å²) in [5.41, 5.74) is -1.000. The van der Waals surface area contributed by atoms with E-state index in [1.807, 2.05) is 0 Å². The van der Waals surface area contributed by atoms with Crippen LogP contribution in [0.3, 0.4) is 0 Å². The van der Waals surface area contributed by atoms with Crippen LogP contribution in [0.25, 0.3) is 0 Å². The molecule has 1 N–H and O–H groups in total. The van der Waals surface area contributed by atoms with Crippen molar-refractivity contribution in [3.63, 3.8) is 0 Å². The zero-order valence-electron chi connectivity index (χ0n) is 19.9. The van der Waals surface area contributed by atoms with E-state index in [2.05, 4.69) is 0 Å². The fourth-order valence-electron chi connectivity index (χ4n) is 6.45. The van der Waals surface area contributed by atoms with Gasteiger partial charge in [-0.15, -0.1) is 0 Å². The van der Waals surface area contributed by atoms with Gasteiger partial charge in [-0.05, 0) is 68.6 Å². The molecule has 4 bridgehead atoms. The first-order valence-corrected chi connectivity index (χ1v) is 11.6. The molecule has 40 heavy (non-hydrogen) atoms. The maximum absolute atomic E-state index is 14.3. The van der Waals surface area contributed by atoms with Gasteiger partial charge in [0, 0.05) is 6.04 Å². The summed E-state index contributed by atoms with van der Waals surface area (Å²) in [6.07, 6.45) is -4.75. The second-order valence-electron chi connectivity index (χ2n) is 11.0.